The molecule has 4 aromatic rings. The monoisotopic (exact) mass is 432 g/mol. The molecule has 0 unspecified atom stereocenters. The summed E-state index contributed by atoms with van der Waals surface area (Å²) in [6, 6.07) is 32.0. The molecule has 0 aliphatic rings. The van der Waals surface area contributed by atoms with Gasteiger partial charge in [0.05, 0.1) is 0 Å². The van der Waals surface area contributed by atoms with Crippen LogP contribution in [0.2, 0.25) is 0 Å². The molecule has 33 heavy (non-hydrogen) atoms. The second kappa shape index (κ2) is 9.40. The maximum Gasteiger partial charge on any atom is 0.0146 e. The molecule has 0 heterocycles. The van der Waals surface area contributed by atoms with Crippen LogP contribution in [0.1, 0.15) is 69.5 Å². The van der Waals surface area contributed by atoms with Crippen molar-refractivity contribution in [2.24, 2.45) is 0 Å². The predicted octanol–water partition coefficient (Wildman–Crippen LogP) is 8.43. The molecule has 4 rings (SSSR count). The molecule has 4 aromatic carbocycles. The SMILES string of the molecule is Cc1ccc(Cc2ccc(C(C)(C)c3ccc(Cc4ccc(C)c(C)c4)cc3)cc2)cc1C. The van der Waals surface area contributed by atoms with E-state index in [0.29, 0.717) is 0 Å². The topological polar surface area (TPSA) is 0 Å². The number of hydrogen-bond donors (Lipinski definition) is 0. The molecular weight excluding hydrogens is 396 g/mol. The molecule has 0 aliphatic carbocycles. The molecule has 0 fully saturated rings. The van der Waals surface area contributed by atoms with Crippen molar-refractivity contribution in [2.45, 2.75) is 59.8 Å². The highest BCUT2D eigenvalue weighted by Gasteiger charge is 2.23. The highest BCUT2D eigenvalue weighted by atomic mass is 14.3. The molecule has 0 bridgehead atoms. The average molecular weight is 433 g/mol. The Labute approximate surface area is 200 Å². The first kappa shape index (κ1) is 23.1. The number of hydrogen-bond acceptors (Lipinski definition) is 0. The Hall–Kier alpha value is -3.12. The number of aryl methyl sites for hydroxylation is 4. The van der Waals surface area contributed by atoms with E-state index in [2.05, 4.69) is 126 Å². The lowest BCUT2D eigenvalue weighted by Gasteiger charge is -2.26. The average Bonchev–Trinajstić information content (AvgIpc) is 2.80. The molecule has 0 amide bonds. The molecule has 0 saturated heterocycles. The zero-order valence-corrected chi connectivity index (χ0v) is 21.0. The van der Waals surface area contributed by atoms with E-state index >= 15 is 0 Å². The van der Waals surface area contributed by atoms with Crippen LogP contribution in [0.15, 0.2) is 84.9 Å². The van der Waals surface area contributed by atoms with Crippen LogP contribution in [0.5, 0.6) is 0 Å². The Bertz CT molecular complexity index is 1140. The van der Waals surface area contributed by atoms with Gasteiger partial charge in [0.25, 0.3) is 0 Å². The van der Waals surface area contributed by atoms with E-state index in [1.54, 1.807) is 0 Å². The first-order valence-corrected chi connectivity index (χ1v) is 12.0. The van der Waals surface area contributed by atoms with Crippen molar-refractivity contribution < 1.29 is 0 Å². The summed E-state index contributed by atoms with van der Waals surface area (Å²) in [6.07, 6.45) is 1.96. The van der Waals surface area contributed by atoms with Crippen LogP contribution < -0.4 is 0 Å². The summed E-state index contributed by atoms with van der Waals surface area (Å²) < 4.78 is 0. The number of rotatable bonds is 6. The summed E-state index contributed by atoms with van der Waals surface area (Å²) >= 11 is 0. The van der Waals surface area contributed by atoms with Crippen molar-refractivity contribution >= 4 is 0 Å². The molecule has 168 valence electrons. The summed E-state index contributed by atoms with van der Waals surface area (Å²) in [5.41, 5.74) is 13.6. The van der Waals surface area contributed by atoms with Gasteiger partial charge in [0, 0.05) is 5.41 Å². The molecule has 0 heteroatoms. The van der Waals surface area contributed by atoms with Gasteiger partial charge in [-0.05, 0) is 96.2 Å². The van der Waals surface area contributed by atoms with Crippen LogP contribution in [0.3, 0.4) is 0 Å². The third-order valence-corrected chi connectivity index (χ3v) is 7.31. The molecule has 0 spiro atoms. The van der Waals surface area contributed by atoms with Crippen molar-refractivity contribution in [3.8, 4) is 0 Å². The predicted molar refractivity (Wildman–Crippen MR) is 142 cm³/mol. The lowest BCUT2D eigenvalue weighted by Crippen LogP contribution is -2.18. The van der Waals surface area contributed by atoms with E-state index in [1.165, 1.54) is 55.6 Å². The second-order valence-corrected chi connectivity index (χ2v) is 10.2. The largest absolute Gasteiger partial charge is 0.0588 e. The van der Waals surface area contributed by atoms with Crippen molar-refractivity contribution in [1.82, 2.24) is 0 Å². The van der Waals surface area contributed by atoms with Crippen LogP contribution in [-0.2, 0) is 18.3 Å². The van der Waals surface area contributed by atoms with Gasteiger partial charge >= 0.3 is 0 Å². The smallest absolute Gasteiger partial charge is 0.0146 e. The molecule has 0 nitrogen and oxygen atoms in total. The van der Waals surface area contributed by atoms with Gasteiger partial charge in [-0.25, -0.2) is 0 Å². The summed E-state index contributed by atoms with van der Waals surface area (Å²) in [7, 11) is 0. The van der Waals surface area contributed by atoms with Crippen molar-refractivity contribution in [2.75, 3.05) is 0 Å². The molecular formula is C33H36. The van der Waals surface area contributed by atoms with E-state index in [1.807, 2.05) is 0 Å². The fourth-order valence-corrected chi connectivity index (χ4v) is 4.54. The van der Waals surface area contributed by atoms with Gasteiger partial charge in [-0.3, -0.25) is 0 Å². The van der Waals surface area contributed by atoms with Crippen LogP contribution in [0.25, 0.3) is 0 Å². The normalized spacial score (nSPS) is 11.6. The maximum atomic E-state index is 2.32. The van der Waals surface area contributed by atoms with Crippen molar-refractivity contribution in [1.29, 1.82) is 0 Å². The molecule has 0 aliphatic heterocycles. The summed E-state index contributed by atoms with van der Waals surface area (Å²) in [4.78, 5) is 0. The fourth-order valence-electron chi connectivity index (χ4n) is 4.54. The summed E-state index contributed by atoms with van der Waals surface area (Å²) in [5.74, 6) is 0. The standard InChI is InChI=1S/C33H36/c1-23-7-9-29(19-25(23)3)21-27-11-15-31(16-12-27)33(5,6)32-17-13-28(14-18-32)22-30-10-8-24(2)26(4)20-30/h7-20H,21-22H2,1-6H3. The Kier molecular flexibility index (Phi) is 6.56. The summed E-state index contributed by atoms with van der Waals surface area (Å²) in [6.45, 7) is 13.4. The van der Waals surface area contributed by atoms with E-state index in [0.717, 1.165) is 12.8 Å². The lowest BCUT2D eigenvalue weighted by molar-refractivity contribution is 0.640. The first-order chi connectivity index (χ1) is 15.7. The lowest BCUT2D eigenvalue weighted by atomic mass is 9.77. The van der Waals surface area contributed by atoms with Crippen LogP contribution in [0, 0.1) is 27.7 Å². The van der Waals surface area contributed by atoms with Crippen molar-refractivity contribution in [3.05, 3.63) is 141 Å². The minimum Gasteiger partial charge on any atom is -0.0588 e. The van der Waals surface area contributed by atoms with Gasteiger partial charge in [0.1, 0.15) is 0 Å². The van der Waals surface area contributed by atoms with E-state index in [-0.39, 0.29) is 5.41 Å². The molecule has 0 atom stereocenters. The van der Waals surface area contributed by atoms with Crippen LogP contribution >= 0.6 is 0 Å². The van der Waals surface area contributed by atoms with Crippen LogP contribution in [-0.4, -0.2) is 0 Å². The first-order valence-electron chi connectivity index (χ1n) is 12.0. The Morgan fingerprint density at radius 3 is 1.09 bits per heavy atom. The minimum absolute atomic E-state index is 0.0298. The second-order valence-electron chi connectivity index (χ2n) is 10.2. The Morgan fingerprint density at radius 2 is 0.758 bits per heavy atom. The summed E-state index contributed by atoms with van der Waals surface area (Å²) in [5, 5.41) is 0. The third-order valence-electron chi connectivity index (χ3n) is 7.31. The van der Waals surface area contributed by atoms with E-state index < -0.39 is 0 Å². The van der Waals surface area contributed by atoms with Gasteiger partial charge in [0.15, 0.2) is 0 Å². The Morgan fingerprint density at radius 1 is 0.424 bits per heavy atom. The Balaban J connectivity index is 1.47. The van der Waals surface area contributed by atoms with Gasteiger partial charge in [-0.2, -0.15) is 0 Å². The maximum absolute atomic E-state index is 2.32. The molecule has 0 saturated carbocycles. The minimum atomic E-state index is -0.0298. The zero-order valence-electron chi connectivity index (χ0n) is 21.0. The molecule has 0 aromatic heterocycles. The van der Waals surface area contributed by atoms with Gasteiger partial charge < -0.3 is 0 Å². The zero-order chi connectivity index (χ0) is 23.6. The molecule has 0 radical (unpaired) electrons. The van der Waals surface area contributed by atoms with Gasteiger partial charge in [0.2, 0.25) is 0 Å². The van der Waals surface area contributed by atoms with E-state index in [9.17, 15) is 0 Å². The highest BCUT2D eigenvalue weighted by Crippen LogP contribution is 2.32. The van der Waals surface area contributed by atoms with Gasteiger partial charge in [-0.15, -0.1) is 0 Å². The van der Waals surface area contributed by atoms with Crippen molar-refractivity contribution in [3.63, 3.8) is 0 Å². The van der Waals surface area contributed by atoms with E-state index in [4.69, 9.17) is 0 Å². The fraction of sp³-hybridized carbons (Fsp3) is 0.273. The highest BCUT2D eigenvalue weighted by molar-refractivity contribution is 5.42. The van der Waals surface area contributed by atoms with Gasteiger partial charge in [-0.1, -0.05) is 98.8 Å². The van der Waals surface area contributed by atoms with Crippen LogP contribution in [0.4, 0.5) is 0 Å². The quantitative estimate of drug-likeness (QED) is 0.287. The molecule has 0 N–H and O–H groups in total. The number of benzene rings is 4. The third kappa shape index (κ3) is 5.28.